The molecule has 0 saturated heterocycles. The molecule has 3 N–H and O–H groups in total. The number of ether oxygens (including phenoxy) is 1. The molecule has 3 aliphatic carbocycles. The predicted molar refractivity (Wildman–Crippen MR) is 102 cm³/mol. The molecular weight excluding hydrogens is 389 g/mol. The Morgan fingerprint density at radius 1 is 1.18 bits per heavy atom. The predicted octanol–water partition coefficient (Wildman–Crippen LogP) is 3.58. The maximum atomic E-state index is 6.18. The van der Waals surface area contributed by atoms with Gasteiger partial charge in [0.1, 0.15) is 0 Å². The van der Waals surface area contributed by atoms with E-state index in [2.05, 4.69) is 12.2 Å². The summed E-state index contributed by atoms with van der Waals surface area (Å²) < 4.78 is 5.88. The van der Waals surface area contributed by atoms with E-state index in [9.17, 15) is 0 Å². The van der Waals surface area contributed by atoms with E-state index in [1.165, 1.54) is 57.8 Å². The van der Waals surface area contributed by atoms with Crippen LogP contribution in [0, 0.1) is 5.41 Å². The van der Waals surface area contributed by atoms with Gasteiger partial charge in [0.15, 0.2) is 5.96 Å². The molecule has 0 radical (unpaired) electrons. The van der Waals surface area contributed by atoms with Crippen LogP contribution in [0.5, 0.6) is 0 Å². The van der Waals surface area contributed by atoms with Crippen LogP contribution in [-0.4, -0.2) is 30.8 Å². The summed E-state index contributed by atoms with van der Waals surface area (Å²) in [7, 11) is 0. The Morgan fingerprint density at radius 2 is 1.86 bits per heavy atom. The highest BCUT2D eigenvalue weighted by molar-refractivity contribution is 14.0. The van der Waals surface area contributed by atoms with Crippen molar-refractivity contribution >= 4 is 29.9 Å². The third kappa shape index (κ3) is 3.71. The molecule has 0 heterocycles. The number of hydrogen-bond acceptors (Lipinski definition) is 2. The molecule has 0 amide bonds. The third-order valence-corrected chi connectivity index (χ3v) is 5.90. The molecule has 0 aromatic rings. The normalized spacial score (nSPS) is 31.6. The van der Waals surface area contributed by atoms with E-state index in [1.54, 1.807) is 0 Å². The Hall–Kier alpha value is -0.0400. The lowest BCUT2D eigenvalue weighted by molar-refractivity contribution is -0.162. The Morgan fingerprint density at radius 3 is 2.41 bits per heavy atom. The van der Waals surface area contributed by atoms with Crippen molar-refractivity contribution in [3.8, 4) is 0 Å². The minimum atomic E-state index is 0. The molecule has 4 nitrogen and oxygen atoms in total. The van der Waals surface area contributed by atoms with Crippen molar-refractivity contribution in [3.05, 3.63) is 0 Å². The molecule has 3 fully saturated rings. The van der Waals surface area contributed by atoms with Gasteiger partial charge < -0.3 is 15.8 Å². The first-order chi connectivity index (χ1) is 10.2. The second kappa shape index (κ2) is 8.18. The van der Waals surface area contributed by atoms with Crippen molar-refractivity contribution in [2.24, 2.45) is 16.1 Å². The molecule has 0 aliphatic heterocycles. The second-order valence-electron chi connectivity index (χ2n) is 7.13. The van der Waals surface area contributed by atoms with Gasteiger partial charge in [-0.1, -0.05) is 32.1 Å². The summed E-state index contributed by atoms with van der Waals surface area (Å²) in [6.07, 6.45) is 13.2. The lowest BCUT2D eigenvalue weighted by atomic mass is 9.51. The van der Waals surface area contributed by atoms with Crippen LogP contribution in [-0.2, 0) is 4.74 Å². The molecule has 3 rings (SSSR count). The molecule has 5 heteroatoms. The number of nitrogens with two attached hydrogens (primary N) is 1. The van der Waals surface area contributed by atoms with E-state index < -0.39 is 0 Å². The molecule has 0 aromatic heterocycles. The van der Waals surface area contributed by atoms with Crippen molar-refractivity contribution < 1.29 is 4.74 Å². The summed E-state index contributed by atoms with van der Waals surface area (Å²) in [6.45, 7) is 2.91. The highest BCUT2D eigenvalue weighted by Gasteiger charge is 2.59. The minimum Gasteiger partial charge on any atom is -0.378 e. The summed E-state index contributed by atoms with van der Waals surface area (Å²) in [5, 5.41) is 3.48. The molecule has 2 unspecified atom stereocenters. The average molecular weight is 421 g/mol. The topological polar surface area (TPSA) is 59.6 Å². The van der Waals surface area contributed by atoms with E-state index in [-0.39, 0.29) is 24.0 Å². The van der Waals surface area contributed by atoms with E-state index in [0.717, 1.165) is 13.0 Å². The zero-order valence-electron chi connectivity index (χ0n) is 13.9. The van der Waals surface area contributed by atoms with Gasteiger partial charge in [0.2, 0.25) is 0 Å². The Labute approximate surface area is 152 Å². The first-order valence-electron chi connectivity index (χ1n) is 8.96. The largest absolute Gasteiger partial charge is 0.378 e. The van der Waals surface area contributed by atoms with Gasteiger partial charge >= 0.3 is 0 Å². The van der Waals surface area contributed by atoms with E-state index in [0.29, 0.717) is 29.6 Å². The highest BCUT2D eigenvalue weighted by Crippen LogP contribution is 2.58. The summed E-state index contributed by atoms with van der Waals surface area (Å²) in [6, 6.07) is 0.928. The van der Waals surface area contributed by atoms with Crippen LogP contribution in [0.4, 0.5) is 0 Å². The molecule has 128 valence electrons. The number of halogens is 1. The maximum Gasteiger partial charge on any atom is 0.189 e. The fraction of sp³-hybridized carbons (Fsp3) is 0.941. The van der Waals surface area contributed by atoms with Crippen molar-refractivity contribution in [1.82, 2.24) is 5.32 Å². The SMILES string of the molecule is CCOC1CC(N=C(N)NC2CCCCCC2)C12CCC2.I. The lowest BCUT2D eigenvalue weighted by Gasteiger charge is -2.59. The Bertz CT molecular complexity index is 376. The van der Waals surface area contributed by atoms with Crippen LogP contribution < -0.4 is 11.1 Å². The molecular formula is C17H32IN3O. The van der Waals surface area contributed by atoms with Gasteiger partial charge in [-0.05, 0) is 39.0 Å². The van der Waals surface area contributed by atoms with Gasteiger partial charge in [-0.25, -0.2) is 4.99 Å². The van der Waals surface area contributed by atoms with Crippen LogP contribution in [0.25, 0.3) is 0 Å². The average Bonchev–Trinajstić information content (AvgIpc) is 2.64. The quantitative estimate of drug-likeness (QED) is 0.316. The first-order valence-corrected chi connectivity index (χ1v) is 8.96. The summed E-state index contributed by atoms with van der Waals surface area (Å²) in [5.41, 5.74) is 6.51. The van der Waals surface area contributed by atoms with Gasteiger partial charge in [-0.2, -0.15) is 0 Å². The van der Waals surface area contributed by atoms with Crippen LogP contribution in [0.3, 0.4) is 0 Å². The van der Waals surface area contributed by atoms with Gasteiger partial charge in [-0.15, -0.1) is 24.0 Å². The zero-order valence-corrected chi connectivity index (χ0v) is 16.2. The smallest absolute Gasteiger partial charge is 0.189 e. The minimum absolute atomic E-state index is 0. The number of rotatable bonds is 4. The number of aliphatic imine (C=N–C) groups is 1. The molecule has 0 bridgehead atoms. The van der Waals surface area contributed by atoms with E-state index >= 15 is 0 Å². The fourth-order valence-electron chi connectivity index (χ4n) is 4.42. The number of nitrogens with one attached hydrogen (secondary N) is 1. The molecule has 3 aliphatic rings. The van der Waals surface area contributed by atoms with Gasteiger partial charge in [0.05, 0.1) is 12.1 Å². The maximum absolute atomic E-state index is 6.18. The second-order valence-corrected chi connectivity index (χ2v) is 7.13. The molecule has 1 spiro atoms. The van der Waals surface area contributed by atoms with Gasteiger partial charge in [0.25, 0.3) is 0 Å². The molecule has 2 atom stereocenters. The van der Waals surface area contributed by atoms with Crippen LogP contribution in [0.1, 0.15) is 71.1 Å². The van der Waals surface area contributed by atoms with Crippen molar-refractivity contribution in [1.29, 1.82) is 0 Å². The monoisotopic (exact) mass is 421 g/mol. The van der Waals surface area contributed by atoms with Crippen LogP contribution in [0.2, 0.25) is 0 Å². The Kier molecular flexibility index (Phi) is 6.80. The van der Waals surface area contributed by atoms with Crippen molar-refractivity contribution in [2.45, 2.75) is 89.3 Å². The van der Waals surface area contributed by atoms with Crippen LogP contribution >= 0.6 is 24.0 Å². The number of hydrogen-bond donors (Lipinski definition) is 2. The number of guanidine groups is 1. The van der Waals surface area contributed by atoms with Crippen LogP contribution in [0.15, 0.2) is 4.99 Å². The van der Waals surface area contributed by atoms with E-state index in [1.807, 2.05) is 0 Å². The Balaban J connectivity index is 0.00000176. The summed E-state index contributed by atoms with van der Waals surface area (Å²) in [5.74, 6) is 0.674. The fourth-order valence-corrected chi connectivity index (χ4v) is 4.42. The third-order valence-electron chi connectivity index (χ3n) is 5.90. The molecule has 22 heavy (non-hydrogen) atoms. The lowest BCUT2D eigenvalue weighted by Crippen LogP contribution is -2.62. The molecule has 3 saturated carbocycles. The number of nitrogens with zero attached hydrogens (tertiary/aromatic N) is 1. The van der Waals surface area contributed by atoms with E-state index in [4.69, 9.17) is 15.5 Å². The van der Waals surface area contributed by atoms with Crippen molar-refractivity contribution in [3.63, 3.8) is 0 Å². The highest BCUT2D eigenvalue weighted by atomic mass is 127. The molecule has 0 aromatic carbocycles. The standard InChI is InChI=1S/C17H31N3O.HI/c1-2-21-15-12-14(17(15)10-7-11-17)20-16(18)19-13-8-5-3-4-6-9-13;/h13-15H,2-12H2,1H3,(H3,18,19,20);1H. The summed E-state index contributed by atoms with van der Waals surface area (Å²) >= 11 is 0. The van der Waals surface area contributed by atoms with Gasteiger partial charge in [0, 0.05) is 18.1 Å². The zero-order chi connectivity index (χ0) is 14.7. The van der Waals surface area contributed by atoms with Gasteiger partial charge in [-0.3, -0.25) is 0 Å². The first kappa shape index (κ1) is 18.3. The summed E-state index contributed by atoms with van der Waals surface area (Å²) in [4.78, 5) is 4.82. The van der Waals surface area contributed by atoms with Crippen molar-refractivity contribution in [2.75, 3.05) is 6.61 Å².